The molecule has 2 aromatic heterocycles. The second-order valence-electron chi connectivity index (χ2n) is 18.7. The Balaban J connectivity index is 1.19. The smallest absolute Gasteiger partial charge is 0.330 e. The summed E-state index contributed by atoms with van der Waals surface area (Å²) < 4.78 is 12.3. The van der Waals surface area contributed by atoms with Crippen molar-refractivity contribution in [1.82, 2.24) is 35.7 Å². The second kappa shape index (κ2) is 19.1. The summed E-state index contributed by atoms with van der Waals surface area (Å²) in [6.07, 6.45) is 8.94. The van der Waals surface area contributed by atoms with Crippen molar-refractivity contribution in [3.8, 4) is 22.9 Å². The third-order valence-electron chi connectivity index (χ3n) is 12.6. The van der Waals surface area contributed by atoms with Gasteiger partial charge in [-0.25, -0.2) is 19.6 Å². The maximum Gasteiger partial charge on any atom is 0.330 e. The molecule has 5 amide bonds. The van der Waals surface area contributed by atoms with E-state index in [1.54, 1.807) is 24.1 Å². The molecule has 17 heteroatoms. The van der Waals surface area contributed by atoms with Gasteiger partial charge in [-0.3, -0.25) is 14.4 Å². The minimum atomic E-state index is -1.48. The Bertz CT molecular complexity index is 2220. The van der Waals surface area contributed by atoms with E-state index in [9.17, 15) is 29.1 Å². The molecule has 1 aliphatic carbocycles. The number of carbonyl (C=O) groups excluding carboxylic acids is 4. The minimum absolute atomic E-state index is 0.00370. The molecule has 7 rings (SSSR count). The van der Waals surface area contributed by atoms with Crippen LogP contribution in [0.5, 0.6) is 11.5 Å². The fourth-order valence-corrected chi connectivity index (χ4v) is 9.58. The number of allylic oxidation sites excluding steroid dienone is 1. The van der Waals surface area contributed by atoms with Gasteiger partial charge >= 0.3 is 12.0 Å². The first-order valence-electron chi connectivity index (χ1n) is 22.3. The lowest BCUT2D eigenvalue weighted by atomic mass is 9.86. The summed E-state index contributed by atoms with van der Waals surface area (Å²) in [6.45, 7) is 11.0. The molecule has 1 saturated carbocycles. The van der Waals surface area contributed by atoms with Crippen LogP contribution in [0.25, 0.3) is 22.3 Å². The van der Waals surface area contributed by atoms with E-state index < -0.39 is 59.0 Å². The molecule has 3 fully saturated rings. The van der Waals surface area contributed by atoms with Crippen LogP contribution < -0.4 is 30.7 Å². The Morgan fingerprint density at radius 3 is 2.60 bits per heavy atom. The molecule has 3 aliphatic heterocycles. The average molecular weight is 887 g/mol. The molecule has 16 nitrogen and oxygen atoms in total. The molecule has 3 aromatic rings. The zero-order chi connectivity index (χ0) is 45.1. The van der Waals surface area contributed by atoms with Crippen LogP contribution in [0.2, 0.25) is 0 Å². The molecule has 5 heterocycles. The number of aromatic nitrogens is 2. The number of methoxy groups -OCH3 is 1. The molecule has 4 aliphatic rings. The van der Waals surface area contributed by atoms with Crippen LogP contribution in [-0.4, -0.2) is 117 Å². The molecule has 0 radical (unpaired) electrons. The number of hydrogen-bond donors (Lipinski definition) is 5. The summed E-state index contributed by atoms with van der Waals surface area (Å²) in [6, 6.07) is 4.40. The number of thiazole rings is 1. The number of carboxylic acids is 1. The number of ether oxygens (including phenoxy) is 2. The standard InChI is InChI=1S/C46H62N8O8S/c1-27(2)47-44-50-35(26-63-44)34-22-37(31-18-17-29(61-6)20-33(31)48-34)62-30-21-36-40(56)52-46(42(58)59)23-28(46)14-10-8-7-9-11-15-32(41(57)54(36)24-30)49-43(60)51-38(45(3,4)5)25-53-19-13-12-16-39(53)55/h10,14,17-18,20,22,26-28,30,32,36,38H,7-9,11-13,15-16,19,21,23-25H2,1-6H3,(H,47,50)(H,52,56)(H,58,59)(H2,49,51,60)/b14-10-/t28?,30-,32-,36+,38-,46-/m1/s1. The number of anilines is 1. The predicted octanol–water partition coefficient (Wildman–Crippen LogP) is 6.11. The third-order valence-corrected chi connectivity index (χ3v) is 13.3. The van der Waals surface area contributed by atoms with Crippen molar-refractivity contribution in [2.45, 2.75) is 135 Å². The highest BCUT2D eigenvalue weighted by molar-refractivity contribution is 7.14. The Morgan fingerprint density at radius 2 is 1.87 bits per heavy atom. The van der Waals surface area contributed by atoms with Crippen molar-refractivity contribution in [1.29, 1.82) is 0 Å². The van der Waals surface area contributed by atoms with E-state index in [4.69, 9.17) is 19.4 Å². The highest BCUT2D eigenvalue weighted by Gasteiger charge is 2.61. The van der Waals surface area contributed by atoms with E-state index in [2.05, 4.69) is 21.3 Å². The average Bonchev–Trinajstić information content (AvgIpc) is 3.49. The Hall–Kier alpha value is -5.45. The molecular weight excluding hydrogens is 825 g/mol. The number of nitrogens with one attached hydrogen (secondary N) is 4. The van der Waals surface area contributed by atoms with E-state index in [1.165, 1.54) is 16.2 Å². The SMILES string of the molecule is COc1ccc2c(O[C@@H]3C[C@H]4C(=O)N[C@]5(C(=O)O)CC5/C=C\CCCCC[C@@H](NC(=O)N[C@H](CN5CCCCC5=O)C(C)(C)C)C(=O)N4C3)cc(-c3csc(NC(C)C)n3)nc2c1. The fraction of sp³-hybridized carbons (Fsp3) is 0.587. The molecule has 0 bridgehead atoms. The number of urea groups is 1. The summed E-state index contributed by atoms with van der Waals surface area (Å²) in [5, 5.41) is 25.9. The molecule has 1 aromatic carbocycles. The molecule has 0 spiro atoms. The zero-order valence-electron chi connectivity index (χ0n) is 37.2. The van der Waals surface area contributed by atoms with Crippen molar-refractivity contribution in [2.75, 3.05) is 32.1 Å². The molecule has 340 valence electrons. The quantitative estimate of drug-likeness (QED) is 0.139. The number of aliphatic carboxylic acids is 1. The number of likely N-dealkylation sites (tertiary alicyclic amines) is 1. The van der Waals surface area contributed by atoms with E-state index in [1.807, 2.05) is 64.3 Å². The Morgan fingerprint density at radius 1 is 1.06 bits per heavy atom. The largest absolute Gasteiger partial charge is 0.497 e. The number of rotatable bonds is 11. The maximum atomic E-state index is 14.9. The van der Waals surface area contributed by atoms with Crippen LogP contribution in [0.4, 0.5) is 9.93 Å². The first-order chi connectivity index (χ1) is 30.0. The van der Waals surface area contributed by atoms with Crippen molar-refractivity contribution in [3.63, 3.8) is 0 Å². The number of carboxylic acid groups (broad SMARTS) is 1. The Labute approximate surface area is 372 Å². The van der Waals surface area contributed by atoms with Gasteiger partial charge in [0.25, 0.3) is 0 Å². The normalized spacial score (nSPS) is 25.5. The Kier molecular flexibility index (Phi) is 13.8. The van der Waals surface area contributed by atoms with Crippen LogP contribution in [0, 0.1) is 11.3 Å². The number of fused-ring (bicyclic) bond motifs is 3. The fourth-order valence-electron chi connectivity index (χ4n) is 8.73. The van der Waals surface area contributed by atoms with Crippen LogP contribution in [-0.2, 0) is 19.2 Å². The third kappa shape index (κ3) is 10.7. The summed E-state index contributed by atoms with van der Waals surface area (Å²) in [4.78, 5) is 81.7. The van der Waals surface area contributed by atoms with E-state index in [0.717, 1.165) is 37.2 Å². The van der Waals surface area contributed by atoms with E-state index >= 15 is 0 Å². The highest BCUT2D eigenvalue weighted by Crippen LogP contribution is 2.45. The van der Waals surface area contributed by atoms with Crippen molar-refractivity contribution in [3.05, 3.63) is 41.8 Å². The van der Waals surface area contributed by atoms with Gasteiger partial charge in [0.05, 0.1) is 30.9 Å². The number of amides is 5. The van der Waals surface area contributed by atoms with Gasteiger partial charge in [0.15, 0.2) is 5.13 Å². The van der Waals surface area contributed by atoms with Gasteiger partial charge < -0.3 is 45.6 Å². The molecule has 5 N–H and O–H groups in total. The van der Waals surface area contributed by atoms with Crippen molar-refractivity contribution >= 4 is 57.1 Å². The van der Waals surface area contributed by atoms with Gasteiger partial charge in [-0.2, -0.15) is 0 Å². The number of pyridine rings is 1. The topological polar surface area (TPSA) is 204 Å². The van der Waals surface area contributed by atoms with Crippen LogP contribution in [0.3, 0.4) is 0 Å². The number of carbonyl (C=O) groups is 5. The predicted molar refractivity (Wildman–Crippen MR) is 241 cm³/mol. The molecule has 6 atom stereocenters. The van der Waals surface area contributed by atoms with Gasteiger partial charge in [0.1, 0.15) is 40.9 Å². The highest BCUT2D eigenvalue weighted by atomic mass is 32.1. The minimum Gasteiger partial charge on any atom is -0.497 e. The molecule has 2 saturated heterocycles. The van der Waals surface area contributed by atoms with Crippen LogP contribution >= 0.6 is 11.3 Å². The number of nitrogens with zero attached hydrogens (tertiary/aromatic N) is 4. The van der Waals surface area contributed by atoms with Gasteiger partial charge in [-0.05, 0) is 69.9 Å². The second-order valence-corrected chi connectivity index (χ2v) is 19.6. The summed E-state index contributed by atoms with van der Waals surface area (Å²) in [5.41, 5.74) is -0.0957. The monoisotopic (exact) mass is 886 g/mol. The van der Waals surface area contributed by atoms with Gasteiger partial charge in [0.2, 0.25) is 17.7 Å². The molecule has 1 unspecified atom stereocenters. The summed E-state index contributed by atoms with van der Waals surface area (Å²) >= 11 is 1.46. The lowest BCUT2D eigenvalue weighted by molar-refractivity contribution is -0.145. The van der Waals surface area contributed by atoms with Crippen LogP contribution in [0.1, 0.15) is 98.8 Å². The molecular formula is C46H62N8O8S. The van der Waals surface area contributed by atoms with Gasteiger partial charge in [-0.1, -0.05) is 45.8 Å². The first kappa shape index (κ1) is 45.6. The summed E-state index contributed by atoms with van der Waals surface area (Å²) in [7, 11) is 1.58. The summed E-state index contributed by atoms with van der Waals surface area (Å²) in [5.74, 6) is -1.43. The number of hydrogen-bond acceptors (Lipinski definition) is 11. The van der Waals surface area contributed by atoms with E-state index in [0.29, 0.717) is 66.1 Å². The number of piperidine rings is 1. The van der Waals surface area contributed by atoms with Gasteiger partial charge in [0, 0.05) is 60.8 Å². The lowest BCUT2D eigenvalue weighted by Gasteiger charge is -2.37. The zero-order valence-corrected chi connectivity index (χ0v) is 38.0. The van der Waals surface area contributed by atoms with Crippen LogP contribution in [0.15, 0.2) is 41.8 Å². The first-order valence-corrected chi connectivity index (χ1v) is 23.2. The van der Waals surface area contributed by atoms with Crippen molar-refractivity contribution in [2.24, 2.45) is 11.3 Å². The molecule has 63 heavy (non-hydrogen) atoms. The van der Waals surface area contributed by atoms with Crippen molar-refractivity contribution < 1.29 is 38.6 Å². The van der Waals surface area contributed by atoms with Gasteiger partial charge in [-0.15, -0.1) is 11.3 Å². The maximum absolute atomic E-state index is 14.9. The lowest BCUT2D eigenvalue weighted by Crippen LogP contribution is -2.59. The van der Waals surface area contributed by atoms with E-state index in [-0.39, 0.29) is 37.3 Å². The number of benzene rings is 1.